The zero-order valence-electron chi connectivity index (χ0n) is 7.56. The normalized spacial score (nSPS) is 11.7. The minimum absolute atomic E-state index is 0.224. The first-order chi connectivity index (χ1) is 6.45. The molecule has 14 heavy (non-hydrogen) atoms. The number of anilines is 1. The number of thioether (sulfide) groups is 1. The lowest BCUT2D eigenvalue weighted by atomic mass is 10.2. The first-order valence-electron chi connectivity index (χ1n) is 4.04. The Morgan fingerprint density at radius 2 is 2.00 bits per heavy atom. The van der Waals surface area contributed by atoms with Crippen LogP contribution in [-0.4, -0.2) is 5.75 Å². The van der Waals surface area contributed by atoms with Crippen LogP contribution in [0, 0.1) is 0 Å². The van der Waals surface area contributed by atoms with E-state index >= 15 is 0 Å². The van der Waals surface area contributed by atoms with E-state index in [4.69, 9.17) is 5.73 Å². The second-order valence-corrected chi connectivity index (χ2v) is 4.02. The SMILES string of the molecule is CCSc1ccc(N)c(C(F)(F)F)c1. The Bertz CT molecular complexity index is 322. The van der Waals surface area contributed by atoms with E-state index in [0.29, 0.717) is 4.90 Å². The van der Waals surface area contributed by atoms with Crippen LogP contribution in [0.3, 0.4) is 0 Å². The van der Waals surface area contributed by atoms with Crippen LogP contribution < -0.4 is 5.73 Å². The fourth-order valence-corrected chi connectivity index (χ4v) is 1.74. The monoisotopic (exact) mass is 221 g/mol. The van der Waals surface area contributed by atoms with E-state index < -0.39 is 11.7 Å². The van der Waals surface area contributed by atoms with Crippen molar-refractivity contribution in [3.05, 3.63) is 23.8 Å². The number of nitrogen functional groups attached to an aromatic ring is 1. The molecule has 1 aromatic rings. The molecule has 0 aliphatic carbocycles. The van der Waals surface area contributed by atoms with Crippen molar-refractivity contribution in [2.75, 3.05) is 11.5 Å². The third-order valence-electron chi connectivity index (χ3n) is 1.64. The quantitative estimate of drug-likeness (QED) is 0.611. The number of rotatable bonds is 2. The minimum atomic E-state index is -4.37. The highest BCUT2D eigenvalue weighted by Crippen LogP contribution is 2.35. The van der Waals surface area contributed by atoms with Gasteiger partial charge in [0.1, 0.15) is 0 Å². The first-order valence-corrected chi connectivity index (χ1v) is 5.03. The molecule has 1 rings (SSSR count). The van der Waals surface area contributed by atoms with Crippen molar-refractivity contribution >= 4 is 17.4 Å². The molecule has 5 heteroatoms. The molecule has 0 radical (unpaired) electrons. The summed E-state index contributed by atoms with van der Waals surface area (Å²) < 4.78 is 37.1. The third-order valence-corrected chi connectivity index (χ3v) is 2.52. The molecular formula is C9H10F3NS. The van der Waals surface area contributed by atoms with Gasteiger partial charge in [0.05, 0.1) is 5.56 Å². The lowest BCUT2D eigenvalue weighted by Crippen LogP contribution is -2.08. The molecule has 1 aromatic carbocycles. The van der Waals surface area contributed by atoms with Gasteiger partial charge in [0.25, 0.3) is 0 Å². The maximum absolute atomic E-state index is 12.4. The smallest absolute Gasteiger partial charge is 0.398 e. The zero-order chi connectivity index (χ0) is 10.8. The fraction of sp³-hybridized carbons (Fsp3) is 0.333. The van der Waals surface area contributed by atoms with Crippen LogP contribution in [-0.2, 0) is 6.18 Å². The molecule has 0 heterocycles. The lowest BCUT2D eigenvalue weighted by molar-refractivity contribution is -0.137. The predicted octanol–water partition coefficient (Wildman–Crippen LogP) is 3.40. The van der Waals surface area contributed by atoms with E-state index in [1.54, 1.807) is 6.07 Å². The second kappa shape index (κ2) is 4.13. The van der Waals surface area contributed by atoms with E-state index in [2.05, 4.69) is 0 Å². The maximum atomic E-state index is 12.4. The third kappa shape index (κ3) is 2.57. The van der Waals surface area contributed by atoms with Crippen molar-refractivity contribution in [1.29, 1.82) is 0 Å². The van der Waals surface area contributed by atoms with Gasteiger partial charge < -0.3 is 5.73 Å². The Hall–Kier alpha value is -0.840. The van der Waals surface area contributed by atoms with Crippen LogP contribution in [0.1, 0.15) is 12.5 Å². The van der Waals surface area contributed by atoms with Crippen molar-refractivity contribution in [3.63, 3.8) is 0 Å². The summed E-state index contributed by atoms with van der Waals surface area (Å²) in [5.41, 5.74) is 4.26. The summed E-state index contributed by atoms with van der Waals surface area (Å²) in [7, 11) is 0. The number of hydrogen-bond acceptors (Lipinski definition) is 2. The van der Waals surface area contributed by atoms with Crippen LogP contribution in [0.5, 0.6) is 0 Å². The van der Waals surface area contributed by atoms with Gasteiger partial charge in [-0.1, -0.05) is 6.92 Å². The van der Waals surface area contributed by atoms with Gasteiger partial charge in [-0.2, -0.15) is 13.2 Å². The van der Waals surface area contributed by atoms with E-state index in [0.717, 1.165) is 11.8 Å². The Labute approximate surface area is 84.5 Å². The van der Waals surface area contributed by atoms with Crippen LogP contribution in [0.2, 0.25) is 0 Å². The first kappa shape index (κ1) is 11.2. The minimum Gasteiger partial charge on any atom is -0.398 e. The van der Waals surface area contributed by atoms with Gasteiger partial charge in [-0.3, -0.25) is 0 Å². The summed E-state index contributed by atoms with van der Waals surface area (Å²) in [5.74, 6) is 0.737. The average molecular weight is 221 g/mol. The number of halogens is 3. The molecule has 2 N–H and O–H groups in total. The Balaban J connectivity index is 3.09. The Morgan fingerprint density at radius 1 is 1.36 bits per heavy atom. The van der Waals surface area contributed by atoms with Crippen molar-refractivity contribution in [2.45, 2.75) is 18.0 Å². The molecule has 0 aliphatic heterocycles. The van der Waals surface area contributed by atoms with Crippen molar-refractivity contribution in [3.8, 4) is 0 Å². The molecular weight excluding hydrogens is 211 g/mol. The van der Waals surface area contributed by atoms with E-state index in [-0.39, 0.29) is 5.69 Å². The molecule has 0 saturated carbocycles. The predicted molar refractivity (Wildman–Crippen MR) is 52.3 cm³/mol. The molecule has 0 bridgehead atoms. The van der Waals surface area contributed by atoms with Gasteiger partial charge >= 0.3 is 6.18 Å². The van der Waals surface area contributed by atoms with Crippen LogP contribution in [0.15, 0.2) is 23.1 Å². The van der Waals surface area contributed by atoms with Gasteiger partial charge in [0.15, 0.2) is 0 Å². The van der Waals surface area contributed by atoms with Gasteiger partial charge in [-0.05, 0) is 24.0 Å². The van der Waals surface area contributed by atoms with Crippen molar-refractivity contribution < 1.29 is 13.2 Å². The number of hydrogen-bond donors (Lipinski definition) is 1. The van der Waals surface area contributed by atoms with Gasteiger partial charge in [0.2, 0.25) is 0 Å². The molecule has 0 spiro atoms. The van der Waals surface area contributed by atoms with E-state index in [9.17, 15) is 13.2 Å². The van der Waals surface area contributed by atoms with Crippen molar-refractivity contribution in [2.24, 2.45) is 0 Å². The Kier molecular flexibility index (Phi) is 3.31. The summed E-state index contributed by atoms with van der Waals surface area (Å²) in [5, 5.41) is 0. The molecule has 0 atom stereocenters. The molecule has 0 saturated heterocycles. The van der Waals surface area contributed by atoms with Gasteiger partial charge in [-0.25, -0.2) is 0 Å². The standard InChI is InChI=1S/C9H10F3NS/c1-2-14-6-3-4-8(13)7(5-6)9(10,11)12/h3-5H,2,13H2,1H3. The molecule has 0 amide bonds. The van der Waals surface area contributed by atoms with Crippen LogP contribution in [0.25, 0.3) is 0 Å². The number of benzene rings is 1. The molecule has 1 nitrogen and oxygen atoms in total. The van der Waals surface area contributed by atoms with E-state index in [1.807, 2.05) is 6.92 Å². The lowest BCUT2D eigenvalue weighted by Gasteiger charge is -2.10. The number of nitrogens with two attached hydrogens (primary N) is 1. The van der Waals surface area contributed by atoms with Gasteiger partial charge in [0, 0.05) is 10.6 Å². The maximum Gasteiger partial charge on any atom is 0.418 e. The Morgan fingerprint density at radius 3 is 2.50 bits per heavy atom. The summed E-state index contributed by atoms with van der Waals surface area (Å²) >= 11 is 1.36. The summed E-state index contributed by atoms with van der Waals surface area (Å²) in [6.45, 7) is 1.88. The fourth-order valence-electron chi connectivity index (χ4n) is 1.04. The highest BCUT2D eigenvalue weighted by molar-refractivity contribution is 7.99. The average Bonchev–Trinajstić information content (AvgIpc) is 2.07. The van der Waals surface area contributed by atoms with E-state index in [1.165, 1.54) is 17.8 Å². The second-order valence-electron chi connectivity index (χ2n) is 2.68. The topological polar surface area (TPSA) is 26.0 Å². The summed E-state index contributed by atoms with van der Waals surface area (Å²) in [6, 6.07) is 3.98. The molecule has 78 valence electrons. The van der Waals surface area contributed by atoms with Crippen LogP contribution >= 0.6 is 11.8 Å². The van der Waals surface area contributed by atoms with Crippen molar-refractivity contribution in [1.82, 2.24) is 0 Å². The summed E-state index contributed by atoms with van der Waals surface area (Å²) in [4.78, 5) is 0.592. The number of alkyl halides is 3. The largest absolute Gasteiger partial charge is 0.418 e. The summed E-state index contributed by atoms with van der Waals surface area (Å²) in [6.07, 6.45) is -4.37. The van der Waals surface area contributed by atoms with Crippen LogP contribution in [0.4, 0.5) is 18.9 Å². The molecule has 0 aromatic heterocycles. The van der Waals surface area contributed by atoms with Gasteiger partial charge in [-0.15, -0.1) is 11.8 Å². The zero-order valence-corrected chi connectivity index (χ0v) is 8.38. The molecule has 0 fully saturated rings. The highest BCUT2D eigenvalue weighted by atomic mass is 32.2. The molecule has 0 aliphatic rings. The molecule has 0 unspecified atom stereocenters. The highest BCUT2D eigenvalue weighted by Gasteiger charge is 2.32.